The summed E-state index contributed by atoms with van der Waals surface area (Å²) >= 11 is 0. The van der Waals surface area contributed by atoms with Crippen LogP contribution in [0.2, 0.25) is 0 Å². The summed E-state index contributed by atoms with van der Waals surface area (Å²) < 4.78 is 31.2. The molecule has 0 aliphatic carbocycles. The number of benzene rings is 1. The SMILES string of the molecule is O=C(O)c1ccc(S(=O)(=O)[O-])cc1.[NH4+]. The Morgan fingerprint density at radius 3 is 1.93 bits per heavy atom. The molecule has 78 valence electrons. The highest BCUT2D eigenvalue weighted by atomic mass is 32.2. The maximum absolute atomic E-state index is 10.4. The van der Waals surface area contributed by atoms with Crippen LogP contribution in [0.1, 0.15) is 10.4 Å². The van der Waals surface area contributed by atoms with Gasteiger partial charge in [0.2, 0.25) is 0 Å². The summed E-state index contributed by atoms with van der Waals surface area (Å²) in [7, 11) is -4.49. The largest absolute Gasteiger partial charge is 0.744 e. The fourth-order valence-corrected chi connectivity index (χ4v) is 1.23. The summed E-state index contributed by atoms with van der Waals surface area (Å²) in [5.74, 6) is -1.17. The van der Waals surface area contributed by atoms with E-state index in [2.05, 4.69) is 0 Å². The van der Waals surface area contributed by atoms with Crippen LogP contribution in [0, 0.1) is 0 Å². The third kappa shape index (κ3) is 2.80. The number of hydrogen-bond donors (Lipinski definition) is 2. The van der Waals surface area contributed by atoms with Gasteiger partial charge >= 0.3 is 5.97 Å². The topological polar surface area (TPSA) is 131 Å². The van der Waals surface area contributed by atoms with Gasteiger partial charge in [0.15, 0.2) is 0 Å². The molecule has 7 heteroatoms. The predicted octanol–water partition coefficient (Wildman–Crippen LogP) is 0.665. The van der Waals surface area contributed by atoms with E-state index in [1.54, 1.807) is 0 Å². The van der Waals surface area contributed by atoms with Crippen LogP contribution in [0.4, 0.5) is 0 Å². The number of hydrogen-bond acceptors (Lipinski definition) is 4. The molecule has 0 atom stereocenters. The van der Waals surface area contributed by atoms with Crippen LogP contribution in [0.5, 0.6) is 0 Å². The third-order valence-corrected chi connectivity index (χ3v) is 2.24. The van der Waals surface area contributed by atoms with Crippen LogP contribution in [0.25, 0.3) is 0 Å². The Hall–Kier alpha value is -1.44. The quantitative estimate of drug-likeness (QED) is 0.705. The Morgan fingerprint density at radius 2 is 1.64 bits per heavy atom. The zero-order valence-electron chi connectivity index (χ0n) is 7.30. The Morgan fingerprint density at radius 1 is 1.21 bits per heavy atom. The Balaban J connectivity index is 0.00000169. The average molecular weight is 219 g/mol. The van der Waals surface area contributed by atoms with Crippen LogP contribution in [-0.2, 0) is 10.1 Å². The van der Waals surface area contributed by atoms with E-state index in [4.69, 9.17) is 5.11 Å². The number of aromatic carboxylic acids is 1. The lowest BCUT2D eigenvalue weighted by molar-refractivity contribution is 0.0696. The molecule has 0 radical (unpaired) electrons. The molecule has 0 saturated carbocycles. The van der Waals surface area contributed by atoms with E-state index in [0.717, 1.165) is 24.3 Å². The van der Waals surface area contributed by atoms with Crippen LogP contribution in [-0.4, -0.2) is 24.0 Å². The summed E-state index contributed by atoms with van der Waals surface area (Å²) in [6.45, 7) is 0. The lowest BCUT2D eigenvalue weighted by Crippen LogP contribution is -2.00. The standard InChI is InChI=1S/C7H6O5S.H3N/c8-7(9)5-1-3-6(4-2-5)13(10,11)12;/h1-4H,(H,8,9)(H,10,11,12);1H3. The van der Waals surface area contributed by atoms with Crippen molar-refractivity contribution in [2.75, 3.05) is 0 Å². The maximum atomic E-state index is 10.4. The number of quaternary nitrogens is 1. The zero-order chi connectivity index (χ0) is 10.1. The van der Waals surface area contributed by atoms with E-state index >= 15 is 0 Å². The van der Waals surface area contributed by atoms with Gasteiger partial charge in [0, 0.05) is 0 Å². The van der Waals surface area contributed by atoms with E-state index in [0.29, 0.717) is 0 Å². The van der Waals surface area contributed by atoms with Crippen molar-refractivity contribution >= 4 is 16.1 Å². The first-order valence-corrected chi connectivity index (χ1v) is 4.61. The molecule has 1 rings (SSSR count). The molecule has 0 unspecified atom stereocenters. The molecular weight excluding hydrogens is 210 g/mol. The van der Waals surface area contributed by atoms with Crippen molar-refractivity contribution < 1.29 is 22.9 Å². The van der Waals surface area contributed by atoms with Gasteiger partial charge in [0.1, 0.15) is 10.1 Å². The Kier molecular flexibility index (Phi) is 3.75. The first-order valence-electron chi connectivity index (χ1n) is 3.20. The predicted molar refractivity (Wildman–Crippen MR) is 47.3 cm³/mol. The monoisotopic (exact) mass is 219 g/mol. The van der Waals surface area contributed by atoms with Gasteiger partial charge in [-0.15, -0.1) is 0 Å². The van der Waals surface area contributed by atoms with E-state index in [9.17, 15) is 17.8 Å². The molecule has 0 fully saturated rings. The Labute approximate surface area is 80.5 Å². The summed E-state index contributed by atoms with van der Waals surface area (Å²) in [6, 6.07) is 4.05. The van der Waals surface area contributed by atoms with E-state index in [1.165, 1.54) is 0 Å². The van der Waals surface area contributed by atoms with Crippen molar-refractivity contribution in [3.05, 3.63) is 29.8 Å². The molecule has 0 aliphatic rings. The number of carboxylic acid groups (broad SMARTS) is 1. The van der Waals surface area contributed by atoms with Gasteiger partial charge in [-0.05, 0) is 24.3 Å². The highest BCUT2D eigenvalue weighted by Crippen LogP contribution is 2.09. The first kappa shape index (κ1) is 12.6. The third-order valence-electron chi connectivity index (χ3n) is 1.39. The van der Waals surface area contributed by atoms with Gasteiger partial charge < -0.3 is 15.8 Å². The van der Waals surface area contributed by atoms with Crippen molar-refractivity contribution in [2.24, 2.45) is 0 Å². The van der Waals surface area contributed by atoms with Crippen LogP contribution >= 0.6 is 0 Å². The molecule has 0 aliphatic heterocycles. The maximum Gasteiger partial charge on any atom is 0.335 e. The van der Waals surface area contributed by atoms with Gasteiger partial charge in [-0.2, -0.15) is 0 Å². The highest BCUT2D eigenvalue weighted by Gasteiger charge is 2.04. The van der Waals surface area contributed by atoms with Crippen molar-refractivity contribution in [1.29, 1.82) is 0 Å². The van der Waals surface area contributed by atoms with Gasteiger partial charge in [-0.25, -0.2) is 13.2 Å². The summed E-state index contributed by atoms with van der Waals surface area (Å²) in [5.41, 5.74) is -0.0626. The number of carboxylic acids is 1. The molecule has 0 heterocycles. The summed E-state index contributed by atoms with van der Waals surface area (Å²) in [6.07, 6.45) is 0. The molecule has 14 heavy (non-hydrogen) atoms. The Bertz CT molecular complexity index is 422. The van der Waals surface area contributed by atoms with Crippen molar-refractivity contribution in [1.82, 2.24) is 6.15 Å². The van der Waals surface area contributed by atoms with E-state index < -0.39 is 21.0 Å². The molecule has 1 aromatic rings. The van der Waals surface area contributed by atoms with Crippen molar-refractivity contribution in [3.8, 4) is 0 Å². The molecular formula is C7H9NO5S. The molecule has 0 aromatic heterocycles. The molecule has 1 aromatic carbocycles. The number of rotatable bonds is 2. The molecule has 5 N–H and O–H groups in total. The highest BCUT2D eigenvalue weighted by molar-refractivity contribution is 7.85. The van der Waals surface area contributed by atoms with Crippen LogP contribution in [0.15, 0.2) is 29.2 Å². The minimum atomic E-state index is -4.49. The number of carbonyl (C=O) groups is 1. The van der Waals surface area contributed by atoms with Gasteiger partial charge in [-0.3, -0.25) is 0 Å². The van der Waals surface area contributed by atoms with Crippen LogP contribution in [0.3, 0.4) is 0 Å². The minimum Gasteiger partial charge on any atom is -0.744 e. The van der Waals surface area contributed by atoms with E-state index in [1.807, 2.05) is 0 Å². The second kappa shape index (κ2) is 4.18. The molecule has 0 spiro atoms. The zero-order valence-corrected chi connectivity index (χ0v) is 8.11. The van der Waals surface area contributed by atoms with E-state index in [-0.39, 0.29) is 11.7 Å². The van der Waals surface area contributed by atoms with Crippen molar-refractivity contribution in [3.63, 3.8) is 0 Å². The molecule has 6 nitrogen and oxygen atoms in total. The van der Waals surface area contributed by atoms with Crippen molar-refractivity contribution in [2.45, 2.75) is 4.90 Å². The second-order valence-corrected chi connectivity index (χ2v) is 3.66. The molecule has 0 saturated heterocycles. The normalized spacial score (nSPS) is 10.4. The average Bonchev–Trinajstić information content (AvgIpc) is 2.03. The second-order valence-electron chi connectivity index (χ2n) is 2.28. The summed E-state index contributed by atoms with van der Waals surface area (Å²) in [4.78, 5) is 9.90. The first-order chi connectivity index (χ1) is 5.91. The van der Waals surface area contributed by atoms with Gasteiger partial charge in [0.25, 0.3) is 0 Å². The molecule has 0 amide bonds. The van der Waals surface area contributed by atoms with Gasteiger partial charge in [0.05, 0.1) is 10.5 Å². The van der Waals surface area contributed by atoms with Crippen LogP contribution < -0.4 is 6.15 Å². The summed E-state index contributed by atoms with van der Waals surface area (Å²) in [5, 5.41) is 8.45. The fourth-order valence-electron chi connectivity index (χ4n) is 0.764. The molecule has 0 bridgehead atoms. The fraction of sp³-hybridized carbons (Fsp3) is 0. The smallest absolute Gasteiger partial charge is 0.335 e. The lowest BCUT2D eigenvalue weighted by atomic mass is 10.2. The van der Waals surface area contributed by atoms with Gasteiger partial charge in [-0.1, -0.05) is 0 Å². The minimum absolute atomic E-state index is 0. The lowest BCUT2D eigenvalue weighted by Gasteiger charge is -2.05.